The Bertz CT molecular complexity index is 773. The summed E-state index contributed by atoms with van der Waals surface area (Å²) < 4.78 is 7.85. The van der Waals surface area contributed by atoms with Crippen molar-refractivity contribution >= 4 is 16.9 Å². The van der Waals surface area contributed by atoms with Gasteiger partial charge in [0.25, 0.3) is 0 Å². The van der Waals surface area contributed by atoms with E-state index in [1.807, 2.05) is 13.0 Å². The highest BCUT2D eigenvalue weighted by atomic mass is 16.5. The SMILES string of the molecule is CC(NC(=O)C1CCCO1)c1nc2ccccc2n1CCC1CCCCC1. The number of amides is 1. The number of imidazole rings is 1. The number of fused-ring (bicyclic) bond motifs is 1. The van der Waals surface area contributed by atoms with E-state index in [9.17, 15) is 4.79 Å². The van der Waals surface area contributed by atoms with Gasteiger partial charge in [-0.1, -0.05) is 44.2 Å². The number of aromatic nitrogens is 2. The van der Waals surface area contributed by atoms with Gasteiger partial charge in [-0.15, -0.1) is 0 Å². The lowest BCUT2D eigenvalue weighted by Gasteiger charge is -2.23. The lowest BCUT2D eigenvalue weighted by Crippen LogP contribution is -2.36. The minimum atomic E-state index is -0.299. The first-order chi connectivity index (χ1) is 13.2. The smallest absolute Gasteiger partial charge is 0.249 e. The summed E-state index contributed by atoms with van der Waals surface area (Å²) >= 11 is 0. The number of aryl methyl sites for hydroxylation is 1. The first-order valence-electron chi connectivity index (χ1n) is 10.6. The van der Waals surface area contributed by atoms with Crippen molar-refractivity contribution in [2.75, 3.05) is 6.61 Å². The Balaban J connectivity index is 1.52. The lowest BCUT2D eigenvalue weighted by molar-refractivity contribution is -0.130. The highest BCUT2D eigenvalue weighted by Crippen LogP contribution is 2.29. The molecule has 1 saturated heterocycles. The number of para-hydroxylation sites is 2. The van der Waals surface area contributed by atoms with Gasteiger partial charge in [0.15, 0.2) is 0 Å². The predicted molar refractivity (Wildman–Crippen MR) is 106 cm³/mol. The maximum Gasteiger partial charge on any atom is 0.249 e. The molecule has 5 heteroatoms. The third kappa shape index (κ3) is 4.18. The van der Waals surface area contributed by atoms with Crippen LogP contribution in [0.15, 0.2) is 24.3 Å². The number of ether oxygens (including phenoxy) is 1. The van der Waals surface area contributed by atoms with E-state index < -0.39 is 0 Å². The Hall–Kier alpha value is -1.88. The number of nitrogens with one attached hydrogen (secondary N) is 1. The van der Waals surface area contributed by atoms with Crippen LogP contribution in [0.5, 0.6) is 0 Å². The van der Waals surface area contributed by atoms with Gasteiger partial charge in [-0.3, -0.25) is 4.79 Å². The molecule has 0 spiro atoms. The molecule has 1 aromatic heterocycles. The molecule has 0 bridgehead atoms. The van der Waals surface area contributed by atoms with Gasteiger partial charge < -0.3 is 14.6 Å². The zero-order chi connectivity index (χ0) is 18.6. The number of carbonyl (C=O) groups is 1. The number of hydrogen-bond acceptors (Lipinski definition) is 3. The minimum Gasteiger partial charge on any atom is -0.368 e. The predicted octanol–water partition coefficient (Wildman–Crippen LogP) is 4.36. The zero-order valence-corrected chi connectivity index (χ0v) is 16.3. The average Bonchev–Trinajstić information content (AvgIpc) is 3.35. The number of hydrogen-bond donors (Lipinski definition) is 1. The monoisotopic (exact) mass is 369 g/mol. The Morgan fingerprint density at radius 2 is 2.04 bits per heavy atom. The fourth-order valence-electron chi connectivity index (χ4n) is 4.60. The third-order valence-electron chi connectivity index (χ3n) is 6.14. The number of rotatable bonds is 6. The van der Waals surface area contributed by atoms with Gasteiger partial charge in [0.05, 0.1) is 17.1 Å². The van der Waals surface area contributed by atoms with E-state index >= 15 is 0 Å². The molecule has 0 radical (unpaired) electrons. The van der Waals surface area contributed by atoms with Crippen LogP contribution in [0, 0.1) is 5.92 Å². The topological polar surface area (TPSA) is 56.1 Å². The lowest BCUT2D eigenvalue weighted by atomic mass is 9.87. The molecular formula is C22H31N3O2. The number of carbonyl (C=O) groups excluding carboxylic acids is 1. The van der Waals surface area contributed by atoms with Gasteiger partial charge in [0.1, 0.15) is 11.9 Å². The van der Waals surface area contributed by atoms with Crippen molar-refractivity contribution in [1.29, 1.82) is 0 Å². The summed E-state index contributed by atoms with van der Waals surface area (Å²) in [5, 5.41) is 3.13. The summed E-state index contributed by atoms with van der Waals surface area (Å²) in [6.07, 6.45) is 9.52. The van der Waals surface area contributed by atoms with Crippen LogP contribution >= 0.6 is 0 Å². The molecule has 2 fully saturated rings. The molecule has 5 nitrogen and oxygen atoms in total. The summed E-state index contributed by atoms with van der Waals surface area (Å²) in [7, 11) is 0. The van der Waals surface area contributed by atoms with Crippen molar-refractivity contribution in [3.05, 3.63) is 30.1 Å². The highest BCUT2D eigenvalue weighted by molar-refractivity contribution is 5.81. The van der Waals surface area contributed by atoms with Gasteiger partial charge in [-0.25, -0.2) is 4.98 Å². The van der Waals surface area contributed by atoms with Crippen molar-refractivity contribution in [2.24, 2.45) is 5.92 Å². The van der Waals surface area contributed by atoms with E-state index in [2.05, 4.69) is 28.1 Å². The summed E-state index contributed by atoms with van der Waals surface area (Å²) in [6.45, 7) is 3.69. The quantitative estimate of drug-likeness (QED) is 0.823. The first kappa shape index (κ1) is 18.5. The van der Waals surface area contributed by atoms with Crippen molar-refractivity contribution < 1.29 is 9.53 Å². The average molecular weight is 370 g/mol. The van der Waals surface area contributed by atoms with E-state index in [1.165, 1.54) is 44.0 Å². The summed E-state index contributed by atoms with van der Waals surface area (Å²) in [5.41, 5.74) is 2.18. The van der Waals surface area contributed by atoms with E-state index in [-0.39, 0.29) is 18.1 Å². The molecule has 1 aromatic carbocycles. The Kier molecular flexibility index (Phi) is 5.77. The summed E-state index contributed by atoms with van der Waals surface area (Å²) in [5.74, 6) is 1.77. The minimum absolute atomic E-state index is 0.00844. The van der Waals surface area contributed by atoms with E-state index in [1.54, 1.807) is 0 Å². The van der Waals surface area contributed by atoms with Crippen LogP contribution in [0.2, 0.25) is 0 Å². The molecule has 2 atom stereocenters. The second-order valence-electron chi connectivity index (χ2n) is 8.14. The van der Waals surface area contributed by atoms with Crippen LogP contribution in [0.25, 0.3) is 11.0 Å². The Labute approximate surface area is 161 Å². The standard InChI is InChI=1S/C22H31N3O2/c1-16(23-22(26)20-12-7-15-27-20)21-24-18-10-5-6-11-19(18)25(21)14-13-17-8-3-2-4-9-17/h5-6,10-11,16-17,20H,2-4,7-9,12-15H2,1H3,(H,23,26). The number of benzene rings is 1. The van der Waals surface area contributed by atoms with Crippen LogP contribution in [0.1, 0.15) is 70.2 Å². The van der Waals surface area contributed by atoms with Crippen LogP contribution in [-0.2, 0) is 16.1 Å². The first-order valence-corrected chi connectivity index (χ1v) is 10.6. The molecular weight excluding hydrogens is 338 g/mol. The van der Waals surface area contributed by atoms with Gasteiger partial charge in [0, 0.05) is 13.2 Å². The fourth-order valence-corrected chi connectivity index (χ4v) is 4.60. The third-order valence-corrected chi connectivity index (χ3v) is 6.14. The molecule has 1 N–H and O–H groups in total. The molecule has 2 aliphatic rings. The van der Waals surface area contributed by atoms with Crippen LogP contribution in [-0.4, -0.2) is 28.2 Å². The second-order valence-corrected chi connectivity index (χ2v) is 8.14. The molecule has 1 saturated carbocycles. The molecule has 1 aliphatic heterocycles. The molecule has 27 heavy (non-hydrogen) atoms. The Morgan fingerprint density at radius 1 is 1.22 bits per heavy atom. The maximum atomic E-state index is 12.5. The van der Waals surface area contributed by atoms with Gasteiger partial charge >= 0.3 is 0 Å². The van der Waals surface area contributed by atoms with Crippen molar-refractivity contribution in [2.45, 2.75) is 77.0 Å². The fraction of sp³-hybridized carbons (Fsp3) is 0.636. The zero-order valence-electron chi connectivity index (χ0n) is 16.3. The highest BCUT2D eigenvalue weighted by Gasteiger charge is 2.26. The van der Waals surface area contributed by atoms with Crippen molar-refractivity contribution in [3.8, 4) is 0 Å². The molecule has 2 heterocycles. The molecule has 146 valence electrons. The molecule has 1 amide bonds. The van der Waals surface area contributed by atoms with Crippen LogP contribution in [0.3, 0.4) is 0 Å². The van der Waals surface area contributed by atoms with Crippen LogP contribution in [0.4, 0.5) is 0 Å². The molecule has 4 rings (SSSR count). The van der Waals surface area contributed by atoms with Gasteiger partial charge in [-0.05, 0) is 44.2 Å². The second kappa shape index (κ2) is 8.42. The van der Waals surface area contributed by atoms with E-state index in [0.29, 0.717) is 6.61 Å². The normalized spacial score (nSPS) is 22.2. The van der Waals surface area contributed by atoms with Gasteiger partial charge in [0.2, 0.25) is 5.91 Å². The molecule has 1 aliphatic carbocycles. The Morgan fingerprint density at radius 3 is 2.81 bits per heavy atom. The molecule has 2 aromatic rings. The molecule has 2 unspecified atom stereocenters. The van der Waals surface area contributed by atoms with Crippen molar-refractivity contribution in [3.63, 3.8) is 0 Å². The van der Waals surface area contributed by atoms with E-state index in [4.69, 9.17) is 9.72 Å². The van der Waals surface area contributed by atoms with Crippen LogP contribution < -0.4 is 5.32 Å². The summed E-state index contributed by atoms with van der Waals surface area (Å²) in [4.78, 5) is 17.4. The number of nitrogens with zero attached hydrogens (tertiary/aromatic N) is 2. The van der Waals surface area contributed by atoms with E-state index in [0.717, 1.165) is 36.6 Å². The summed E-state index contributed by atoms with van der Waals surface area (Å²) in [6, 6.07) is 8.17. The largest absolute Gasteiger partial charge is 0.368 e. The van der Waals surface area contributed by atoms with Gasteiger partial charge in [-0.2, -0.15) is 0 Å². The maximum absolute atomic E-state index is 12.5. The van der Waals surface area contributed by atoms with Crippen molar-refractivity contribution in [1.82, 2.24) is 14.9 Å².